The van der Waals surface area contributed by atoms with Crippen LogP contribution in [-0.2, 0) is 16.1 Å². The van der Waals surface area contributed by atoms with E-state index in [0.717, 1.165) is 44.0 Å². The van der Waals surface area contributed by atoms with Gasteiger partial charge in [-0.2, -0.15) is 0 Å². The number of rotatable bonds is 6. The standard InChI is InChI=1S/C20H30N2O3/c1-24-15-17-5-7-18(8-6-17)19(23)21-16-20(9-3-2-4-10-20)22-11-13-25-14-12-22/h5-8H,2-4,9-16H2,1H3,(H,21,23)/p+1. The molecule has 2 N–H and O–H groups in total. The first-order valence-electron chi connectivity index (χ1n) is 9.52. The maximum Gasteiger partial charge on any atom is 0.251 e. The molecule has 138 valence electrons. The van der Waals surface area contributed by atoms with E-state index in [9.17, 15) is 4.79 Å². The number of hydrogen-bond acceptors (Lipinski definition) is 3. The quantitative estimate of drug-likeness (QED) is 0.813. The lowest BCUT2D eigenvalue weighted by atomic mass is 9.79. The van der Waals surface area contributed by atoms with Gasteiger partial charge >= 0.3 is 0 Å². The van der Waals surface area contributed by atoms with Crippen LogP contribution in [0, 0.1) is 0 Å². The van der Waals surface area contributed by atoms with Gasteiger partial charge in [-0.05, 0) is 30.5 Å². The first-order chi connectivity index (χ1) is 12.2. The van der Waals surface area contributed by atoms with Gasteiger partial charge in [-0.25, -0.2) is 0 Å². The second-order valence-electron chi connectivity index (χ2n) is 7.37. The zero-order valence-electron chi connectivity index (χ0n) is 15.3. The number of morpholine rings is 1. The number of hydrogen-bond donors (Lipinski definition) is 2. The van der Waals surface area contributed by atoms with Gasteiger partial charge in [0.2, 0.25) is 0 Å². The van der Waals surface area contributed by atoms with Crippen LogP contribution < -0.4 is 10.2 Å². The van der Waals surface area contributed by atoms with Crippen LogP contribution in [0.25, 0.3) is 0 Å². The third kappa shape index (κ3) is 4.60. The summed E-state index contributed by atoms with van der Waals surface area (Å²) in [6.45, 7) is 5.13. The number of benzene rings is 1. The molecular weight excluding hydrogens is 316 g/mol. The van der Waals surface area contributed by atoms with Crippen molar-refractivity contribution in [3.63, 3.8) is 0 Å². The van der Waals surface area contributed by atoms with Gasteiger partial charge in [-0.3, -0.25) is 4.79 Å². The number of nitrogens with one attached hydrogen (secondary N) is 2. The van der Waals surface area contributed by atoms with Crippen LogP contribution in [-0.4, -0.2) is 51.4 Å². The highest BCUT2D eigenvalue weighted by atomic mass is 16.5. The average Bonchev–Trinajstić information content (AvgIpc) is 2.68. The molecule has 0 radical (unpaired) electrons. The Hall–Kier alpha value is -1.43. The van der Waals surface area contributed by atoms with Gasteiger partial charge in [0.25, 0.3) is 5.91 Å². The summed E-state index contributed by atoms with van der Waals surface area (Å²) >= 11 is 0. The number of quaternary nitrogens is 1. The second kappa shape index (κ2) is 8.79. The number of methoxy groups -OCH3 is 1. The molecule has 1 aromatic rings. The third-order valence-corrected chi connectivity index (χ3v) is 5.77. The van der Waals surface area contributed by atoms with Crippen molar-refractivity contribution in [3.05, 3.63) is 35.4 Å². The van der Waals surface area contributed by atoms with Crippen molar-refractivity contribution in [3.8, 4) is 0 Å². The lowest BCUT2D eigenvalue weighted by molar-refractivity contribution is -0.960. The van der Waals surface area contributed by atoms with Crippen LogP contribution >= 0.6 is 0 Å². The maximum absolute atomic E-state index is 12.6. The Balaban J connectivity index is 1.62. The summed E-state index contributed by atoms with van der Waals surface area (Å²) in [6, 6.07) is 7.70. The summed E-state index contributed by atoms with van der Waals surface area (Å²) < 4.78 is 10.7. The van der Waals surface area contributed by atoms with Gasteiger partial charge in [0.05, 0.1) is 26.4 Å². The Bertz CT molecular complexity index is 547. The molecule has 1 aromatic carbocycles. The molecule has 5 heteroatoms. The average molecular weight is 347 g/mol. The molecule has 2 fully saturated rings. The smallest absolute Gasteiger partial charge is 0.251 e. The molecule has 1 aliphatic carbocycles. The van der Waals surface area contributed by atoms with Crippen molar-refractivity contribution >= 4 is 5.91 Å². The van der Waals surface area contributed by atoms with Crippen molar-refractivity contribution in [2.75, 3.05) is 40.0 Å². The van der Waals surface area contributed by atoms with Crippen molar-refractivity contribution in [1.29, 1.82) is 0 Å². The molecule has 0 atom stereocenters. The number of ether oxygens (including phenoxy) is 2. The van der Waals surface area contributed by atoms with Crippen molar-refractivity contribution in [2.45, 2.75) is 44.2 Å². The van der Waals surface area contributed by atoms with E-state index < -0.39 is 0 Å². The van der Waals surface area contributed by atoms with Gasteiger partial charge in [0, 0.05) is 25.5 Å². The number of amides is 1. The Morgan fingerprint density at radius 2 is 1.84 bits per heavy atom. The molecule has 5 nitrogen and oxygen atoms in total. The molecule has 0 unspecified atom stereocenters. The van der Waals surface area contributed by atoms with E-state index in [1.165, 1.54) is 32.1 Å². The highest BCUT2D eigenvalue weighted by molar-refractivity contribution is 5.94. The van der Waals surface area contributed by atoms with Gasteiger partial charge in [-0.1, -0.05) is 18.6 Å². The zero-order chi connectivity index (χ0) is 17.5. The largest absolute Gasteiger partial charge is 0.380 e. The summed E-state index contributed by atoms with van der Waals surface area (Å²) in [5.74, 6) is 0.0292. The molecule has 1 saturated heterocycles. The van der Waals surface area contributed by atoms with E-state index >= 15 is 0 Å². The summed E-state index contributed by atoms with van der Waals surface area (Å²) in [5.41, 5.74) is 2.00. The number of carbonyl (C=O) groups excluding carboxylic acids is 1. The van der Waals surface area contributed by atoms with E-state index in [1.54, 1.807) is 12.0 Å². The fourth-order valence-electron chi connectivity index (χ4n) is 4.30. The molecule has 0 aromatic heterocycles. The molecular formula is C20H31N2O3+. The van der Waals surface area contributed by atoms with E-state index in [4.69, 9.17) is 9.47 Å². The fourth-order valence-corrected chi connectivity index (χ4v) is 4.30. The van der Waals surface area contributed by atoms with Crippen molar-refractivity contribution in [2.24, 2.45) is 0 Å². The van der Waals surface area contributed by atoms with E-state index in [2.05, 4.69) is 5.32 Å². The molecule has 3 rings (SSSR count). The summed E-state index contributed by atoms with van der Waals surface area (Å²) in [6.07, 6.45) is 6.27. The maximum atomic E-state index is 12.6. The van der Waals surface area contributed by atoms with E-state index in [1.807, 2.05) is 24.3 Å². The van der Waals surface area contributed by atoms with Crippen molar-refractivity contribution < 1.29 is 19.2 Å². The zero-order valence-corrected chi connectivity index (χ0v) is 15.3. The summed E-state index contributed by atoms with van der Waals surface area (Å²) in [5, 5.41) is 3.23. The van der Waals surface area contributed by atoms with E-state index in [0.29, 0.717) is 6.61 Å². The SMILES string of the molecule is COCc1ccc(C(=O)NCC2([NH+]3CCOCC3)CCCCC2)cc1. The van der Waals surface area contributed by atoms with Crippen LogP contribution in [0.15, 0.2) is 24.3 Å². The lowest BCUT2D eigenvalue weighted by Crippen LogP contribution is -3.23. The molecule has 1 aliphatic heterocycles. The molecule has 1 amide bonds. The van der Waals surface area contributed by atoms with Crippen LogP contribution in [0.2, 0.25) is 0 Å². The van der Waals surface area contributed by atoms with E-state index in [-0.39, 0.29) is 11.4 Å². The first-order valence-corrected chi connectivity index (χ1v) is 9.52. The second-order valence-corrected chi connectivity index (χ2v) is 7.37. The van der Waals surface area contributed by atoms with Crippen molar-refractivity contribution in [1.82, 2.24) is 5.32 Å². The van der Waals surface area contributed by atoms with Gasteiger partial charge < -0.3 is 19.7 Å². The monoisotopic (exact) mass is 347 g/mol. The minimum Gasteiger partial charge on any atom is -0.380 e. The predicted octanol–water partition coefficient (Wildman–Crippen LogP) is 1.18. The summed E-state index contributed by atoms with van der Waals surface area (Å²) in [7, 11) is 1.68. The first kappa shape index (κ1) is 18.4. The third-order valence-electron chi connectivity index (χ3n) is 5.77. The minimum atomic E-state index is 0.0292. The van der Waals surface area contributed by atoms with Crippen LogP contribution in [0.1, 0.15) is 48.0 Å². The van der Waals surface area contributed by atoms with Gasteiger partial charge in [0.15, 0.2) is 0 Å². The predicted molar refractivity (Wildman–Crippen MR) is 96.8 cm³/mol. The molecule has 0 bridgehead atoms. The highest BCUT2D eigenvalue weighted by Gasteiger charge is 2.42. The molecule has 25 heavy (non-hydrogen) atoms. The normalized spacial score (nSPS) is 21.0. The Morgan fingerprint density at radius 1 is 1.16 bits per heavy atom. The van der Waals surface area contributed by atoms with Gasteiger partial charge in [-0.15, -0.1) is 0 Å². The molecule has 1 heterocycles. The lowest BCUT2D eigenvalue weighted by Gasteiger charge is -2.45. The Labute approximate surface area is 150 Å². The fraction of sp³-hybridized carbons (Fsp3) is 0.650. The topological polar surface area (TPSA) is 52.0 Å². The molecule has 2 aliphatic rings. The summed E-state index contributed by atoms with van der Waals surface area (Å²) in [4.78, 5) is 14.2. The highest BCUT2D eigenvalue weighted by Crippen LogP contribution is 2.25. The molecule has 1 saturated carbocycles. The van der Waals surface area contributed by atoms with Crippen LogP contribution in [0.5, 0.6) is 0 Å². The van der Waals surface area contributed by atoms with Crippen LogP contribution in [0.4, 0.5) is 0 Å². The number of carbonyl (C=O) groups is 1. The Morgan fingerprint density at radius 3 is 2.48 bits per heavy atom. The van der Waals surface area contributed by atoms with Gasteiger partial charge in [0.1, 0.15) is 18.6 Å². The minimum absolute atomic E-state index is 0.0292. The van der Waals surface area contributed by atoms with Crippen LogP contribution in [0.3, 0.4) is 0 Å². The molecule has 0 spiro atoms. The Kier molecular flexibility index (Phi) is 6.45.